The van der Waals surface area contributed by atoms with Crippen LogP contribution in [0.25, 0.3) is 0 Å². The van der Waals surface area contributed by atoms with E-state index in [0.717, 1.165) is 0 Å². The van der Waals surface area contributed by atoms with Gasteiger partial charge in [-0.15, -0.1) is 0 Å². The van der Waals surface area contributed by atoms with Crippen LogP contribution in [0.3, 0.4) is 0 Å². The van der Waals surface area contributed by atoms with E-state index in [1.54, 1.807) is 0 Å². The molecule has 0 saturated carbocycles. The molecule has 0 N–H and O–H groups in total. The summed E-state index contributed by atoms with van der Waals surface area (Å²) in [5.41, 5.74) is 0. The van der Waals surface area contributed by atoms with Crippen molar-refractivity contribution in [1.29, 1.82) is 0 Å². The summed E-state index contributed by atoms with van der Waals surface area (Å²) in [5, 5.41) is 0. The Morgan fingerprint density at radius 3 is 0.909 bits per heavy atom. The van der Waals surface area contributed by atoms with Gasteiger partial charge in [0.05, 0.1) is 0 Å². The minimum Gasteiger partial charge on any atom is -0.0882 e. The molecule has 11 heavy (non-hydrogen) atoms. The first-order valence-electron chi connectivity index (χ1n) is 3.30. The van der Waals surface area contributed by atoms with Crippen molar-refractivity contribution < 1.29 is 21.1 Å². The van der Waals surface area contributed by atoms with Gasteiger partial charge in [0, 0.05) is 21.1 Å². The van der Waals surface area contributed by atoms with Crippen molar-refractivity contribution in [2.45, 2.75) is 40.5 Å². The summed E-state index contributed by atoms with van der Waals surface area (Å²) in [4.78, 5) is 0. The Hall–Kier alpha value is 0.168. The maximum absolute atomic E-state index is 2.27. The van der Waals surface area contributed by atoms with Gasteiger partial charge in [0.2, 0.25) is 0 Å². The van der Waals surface area contributed by atoms with Gasteiger partial charge >= 0.3 is 0 Å². The minimum atomic E-state index is 0. The number of rotatable bonds is 0. The maximum atomic E-state index is 2.27. The van der Waals surface area contributed by atoms with E-state index in [4.69, 9.17) is 0 Å². The first kappa shape index (κ1) is 17.3. The van der Waals surface area contributed by atoms with Gasteiger partial charge in [-0.25, -0.2) is 0 Å². The zero-order valence-electron chi connectivity index (χ0n) is 5.45. The summed E-state index contributed by atoms with van der Waals surface area (Å²) in [7, 11) is 0. The van der Waals surface area contributed by atoms with Crippen LogP contribution in [0.1, 0.15) is 40.5 Å². The minimum absolute atomic E-state index is 0. The molecular formula is C10H20Pt. The molecule has 70 valence electrons. The van der Waals surface area contributed by atoms with Crippen LogP contribution in [0.15, 0.2) is 24.3 Å². The summed E-state index contributed by atoms with van der Waals surface area (Å²) in [6.07, 6.45) is 14.0. The summed E-state index contributed by atoms with van der Waals surface area (Å²) in [5.74, 6) is 0. The molecule has 1 rings (SSSR count). The third-order valence-electron chi connectivity index (χ3n) is 1.33. The summed E-state index contributed by atoms with van der Waals surface area (Å²) < 4.78 is 0. The van der Waals surface area contributed by atoms with E-state index in [2.05, 4.69) is 24.3 Å². The van der Waals surface area contributed by atoms with Crippen LogP contribution in [0.2, 0.25) is 0 Å². The molecule has 1 aliphatic carbocycles. The number of hydrogen-bond donors (Lipinski definition) is 0. The smallest absolute Gasteiger partial charge is 0 e. The normalized spacial score (nSPS) is 20.4. The molecule has 0 fully saturated rings. The Balaban J connectivity index is -0.000000213. The molecule has 0 bridgehead atoms. The monoisotopic (exact) mass is 335 g/mol. The third-order valence-corrected chi connectivity index (χ3v) is 1.33. The van der Waals surface area contributed by atoms with Crippen molar-refractivity contribution in [3.63, 3.8) is 0 Å². The van der Waals surface area contributed by atoms with E-state index in [1.165, 1.54) is 25.7 Å². The zero-order valence-corrected chi connectivity index (χ0v) is 7.73. The first-order chi connectivity index (χ1) is 4.00. The Morgan fingerprint density at radius 2 is 0.727 bits per heavy atom. The van der Waals surface area contributed by atoms with Gasteiger partial charge < -0.3 is 0 Å². The van der Waals surface area contributed by atoms with Crippen LogP contribution in [0, 0.1) is 0 Å². The Labute approximate surface area is 86.0 Å². The van der Waals surface area contributed by atoms with Crippen molar-refractivity contribution in [2.75, 3.05) is 0 Å². The van der Waals surface area contributed by atoms with E-state index >= 15 is 0 Å². The van der Waals surface area contributed by atoms with Crippen LogP contribution in [-0.4, -0.2) is 0 Å². The second kappa shape index (κ2) is 12.8. The fourth-order valence-corrected chi connectivity index (χ4v) is 0.856. The van der Waals surface area contributed by atoms with E-state index < -0.39 is 0 Å². The molecule has 0 amide bonds. The number of hydrogen-bond acceptors (Lipinski definition) is 0. The molecule has 0 heterocycles. The number of allylic oxidation sites excluding steroid dienone is 4. The standard InChI is InChI=1S/C8H12.2CH4.Pt/c1-2-4-6-8-7-5-3-1;;;/h1-2,7-8H,3-6H2;2*1H4;/b2-1-,8-7-;;;. The molecule has 0 aromatic rings. The average Bonchev–Trinajstić information content (AvgIpc) is 1.62. The predicted octanol–water partition coefficient (Wildman–Crippen LogP) is 3.94. The Kier molecular flexibility index (Phi) is 20.2. The molecule has 0 atom stereocenters. The Bertz CT molecular complexity index is 77.4. The molecule has 0 spiro atoms. The van der Waals surface area contributed by atoms with Gasteiger partial charge in [-0.05, 0) is 25.7 Å². The van der Waals surface area contributed by atoms with Crippen LogP contribution in [0.4, 0.5) is 0 Å². The van der Waals surface area contributed by atoms with Crippen molar-refractivity contribution in [2.24, 2.45) is 0 Å². The topological polar surface area (TPSA) is 0 Å². The van der Waals surface area contributed by atoms with Crippen molar-refractivity contribution >= 4 is 0 Å². The van der Waals surface area contributed by atoms with Crippen LogP contribution in [0.5, 0.6) is 0 Å². The van der Waals surface area contributed by atoms with Gasteiger partial charge in [-0.1, -0.05) is 39.2 Å². The van der Waals surface area contributed by atoms with Gasteiger partial charge in [-0.3, -0.25) is 0 Å². The second-order valence-corrected chi connectivity index (χ2v) is 2.10. The second-order valence-electron chi connectivity index (χ2n) is 2.10. The van der Waals surface area contributed by atoms with Crippen molar-refractivity contribution in [3.05, 3.63) is 24.3 Å². The van der Waals surface area contributed by atoms with E-state index in [0.29, 0.717) is 0 Å². The molecule has 1 heteroatoms. The fourth-order valence-electron chi connectivity index (χ4n) is 0.856. The van der Waals surface area contributed by atoms with Crippen LogP contribution < -0.4 is 0 Å². The molecule has 0 nitrogen and oxygen atoms in total. The van der Waals surface area contributed by atoms with Crippen molar-refractivity contribution in [1.82, 2.24) is 0 Å². The predicted molar refractivity (Wildman–Crippen MR) is 50.2 cm³/mol. The maximum Gasteiger partial charge on any atom is 0 e. The molecule has 0 aromatic heterocycles. The first-order valence-corrected chi connectivity index (χ1v) is 3.30. The van der Waals surface area contributed by atoms with Gasteiger partial charge in [0.1, 0.15) is 0 Å². The molecular weight excluding hydrogens is 315 g/mol. The average molecular weight is 335 g/mol. The van der Waals surface area contributed by atoms with E-state index in [-0.39, 0.29) is 35.9 Å². The molecule has 0 unspecified atom stereocenters. The summed E-state index contributed by atoms with van der Waals surface area (Å²) in [6, 6.07) is 0. The van der Waals surface area contributed by atoms with Gasteiger partial charge in [-0.2, -0.15) is 0 Å². The quantitative estimate of drug-likeness (QED) is 0.588. The van der Waals surface area contributed by atoms with Crippen LogP contribution in [-0.2, 0) is 21.1 Å². The summed E-state index contributed by atoms with van der Waals surface area (Å²) in [6.45, 7) is 0. The Morgan fingerprint density at radius 1 is 0.545 bits per heavy atom. The SMILES string of the molecule is C.C.C1=C\CC/C=C\CC/1.[Pt]. The van der Waals surface area contributed by atoms with Gasteiger partial charge in [0.25, 0.3) is 0 Å². The summed E-state index contributed by atoms with van der Waals surface area (Å²) >= 11 is 0. The van der Waals surface area contributed by atoms with E-state index in [1.807, 2.05) is 0 Å². The third kappa shape index (κ3) is 10.2. The molecule has 0 aliphatic heterocycles. The zero-order chi connectivity index (χ0) is 5.66. The molecule has 0 radical (unpaired) electrons. The molecule has 1 aliphatic rings. The van der Waals surface area contributed by atoms with E-state index in [9.17, 15) is 0 Å². The molecule has 0 saturated heterocycles. The van der Waals surface area contributed by atoms with Gasteiger partial charge in [0.15, 0.2) is 0 Å². The molecule has 0 aromatic carbocycles. The largest absolute Gasteiger partial charge is 0.0882 e. The van der Waals surface area contributed by atoms with Crippen LogP contribution >= 0.6 is 0 Å². The van der Waals surface area contributed by atoms with Crippen molar-refractivity contribution in [3.8, 4) is 0 Å². The fraction of sp³-hybridized carbons (Fsp3) is 0.600.